The van der Waals surface area contributed by atoms with Crippen LogP contribution in [0.25, 0.3) is 0 Å². The van der Waals surface area contributed by atoms with E-state index in [1.165, 1.54) is 5.57 Å². The van der Waals surface area contributed by atoms with Gasteiger partial charge >= 0.3 is 0 Å². The Morgan fingerprint density at radius 3 is 2.76 bits per heavy atom. The summed E-state index contributed by atoms with van der Waals surface area (Å²) in [6, 6.07) is 0. The number of carbonyl (C=O) groups is 2. The normalized spacial score (nSPS) is 24.2. The lowest BCUT2D eigenvalue weighted by Crippen LogP contribution is -2.17. The second-order valence-electron chi connectivity index (χ2n) is 5.85. The largest absolute Gasteiger partial charge is 0.303 e. The fourth-order valence-corrected chi connectivity index (χ4v) is 2.78. The Hall–Kier alpha value is -0.920. The number of hydrogen-bond acceptors (Lipinski definition) is 2. The van der Waals surface area contributed by atoms with Gasteiger partial charge in [0, 0.05) is 18.8 Å². The summed E-state index contributed by atoms with van der Waals surface area (Å²) in [6.07, 6.45) is 6.39. The van der Waals surface area contributed by atoms with Crippen molar-refractivity contribution in [3.05, 3.63) is 11.6 Å². The summed E-state index contributed by atoms with van der Waals surface area (Å²) in [4.78, 5) is 22.2. The third-order valence-electron chi connectivity index (χ3n) is 3.98. The van der Waals surface area contributed by atoms with Gasteiger partial charge in [-0.15, -0.1) is 0 Å². The van der Waals surface area contributed by atoms with Crippen LogP contribution in [-0.2, 0) is 9.59 Å². The van der Waals surface area contributed by atoms with Crippen molar-refractivity contribution >= 4 is 12.1 Å². The Morgan fingerprint density at radius 2 is 2.24 bits per heavy atom. The Bertz CT molecular complexity index is 326. The molecule has 0 N–H and O–H groups in total. The van der Waals surface area contributed by atoms with Gasteiger partial charge in [0.2, 0.25) is 0 Å². The van der Waals surface area contributed by atoms with Gasteiger partial charge in [0.1, 0.15) is 12.1 Å². The molecule has 0 aromatic rings. The number of ketones is 1. The number of hydrogen-bond donors (Lipinski definition) is 0. The van der Waals surface area contributed by atoms with Gasteiger partial charge in [0.15, 0.2) is 0 Å². The summed E-state index contributed by atoms with van der Waals surface area (Å²) >= 11 is 0. The highest BCUT2D eigenvalue weighted by molar-refractivity contribution is 5.80. The SMILES string of the molecule is CCC(=O)C(C)CC1=CC(C)(C)[C@@H](CC=O)C1. The topological polar surface area (TPSA) is 34.1 Å². The summed E-state index contributed by atoms with van der Waals surface area (Å²) in [6.45, 7) is 8.29. The van der Waals surface area contributed by atoms with Gasteiger partial charge in [-0.05, 0) is 24.2 Å². The van der Waals surface area contributed by atoms with E-state index in [0.717, 1.165) is 19.1 Å². The van der Waals surface area contributed by atoms with Crippen molar-refractivity contribution in [2.45, 2.75) is 53.4 Å². The summed E-state index contributed by atoms with van der Waals surface area (Å²) in [5, 5.41) is 0. The van der Waals surface area contributed by atoms with Crippen LogP contribution < -0.4 is 0 Å². The molecular weight excluding hydrogens is 212 g/mol. The highest BCUT2D eigenvalue weighted by Crippen LogP contribution is 2.44. The molecule has 0 heterocycles. The van der Waals surface area contributed by atoms with E-state index in [-0.39, 0.29) is 11.3 Å². The Kier molecular flexibility index (Phi) is 4.67. The molecule has 1 rings (SSSR count). The number of rotatable bonds is 6. The van der Waals surface area contributed by atoms with E-state index < -0.39 is 0 Å². The minimum atomic E-state index is 0.102. The molecule has 96 valence electrons. The van der Waals surface area contributed by atoms with Crippen LogP contribution in [0.4, 0.5) is 0 Å². The molecule has 0 radical (unpaired) electrons. The number of aldehydes is 1. The molecule has 1 aliphatic rings. The zero-order chi connectivity index (χ0) is 13.1. The van der Waals surface area contributed by atoms with Crippen LogP contribution in [0.1, 0.15) is 53.4 Å². The van der Waals surface area contributed by atoms with Crippen LogP contribution in [0, 0.1) is 17.3 Å². The molecule has 0 bridgehead atoms. The molecule has 0 aliphatic heterocycles. The van der Waals surface area contributed by atoms with E-state index in [4.69, 9.17) is 0 Å². The minimum Gasteiger partial charge on any atom is -0.303 e. The molecule has 2 heteroatoms. The highest BCUT2D eigenvalue weighted by Gasteiger charge is 2.34. The fraction of sp³-hybridized carbons (Fsp3) is 0.733. The zero-order valence-corrected chi connectivity index (χ0v) is 11.5. The second kappa shape index (κ2) is 5.61. The summed E-state index contributed by atoms with van der Waals surface area (Å²) in [5.41, 5.74) is 1.46. The molecule has 0 fully saturated rings. The van der Waals surface area contributed by atoms with E-state index in [1.54, 1.807) is 0 Å². The summed E-state index contributed by atoms with van der Waals surface area (Å²) in [7, 11) is 0. The maximum absolute atomic E-state index is 11.6. The smallest absolute Gasteiger partial charge is 0.135 e. The van der Waals surface area contributed by atoms with Gasteiger partial charge < -0.3 is 4.79 Å². The highest BCUT2D eigenvalue weighted by atomic mass is 16.1. The molecule has 0 saturated heterocycles. The molecule has 1 aliphatic carbocycles. The Labute approximate surface area is 104 Å². The monoisotopic (exact) mass is 236 g/mol. The van der Waals surface area contributed by atoms with Gasteiger partial charge in [-0.1, -0.05) is 39.3 Å². The molecule has 0 amide bonds. The van der Waals surface area contributed by atoms with E-state index in [9.17, 15) is 9.59 Å². The van der Waals surface area contributed by atoms with E-state index in [1.807, 2.05) is 13.8 Å². The summed E-state index contributed by atoms with van der Waals surface area (Å²) < 4.78 is 0. The lowest BCUT2D eigenvalue weighted by molar-refractivity contribution is -0.122. The molecule has 0 aromatic carbocycles. The lowest BCUT2D eigenvalue weighted by atomic mass is 9.80. The first-order valence-corrected chi connectivity index (χ1v) is 6.57. The number of allylic oxidation sites excluding steroid dienone is 2. The number of carbonyl (C=O) groups excluding carboxylic acids is 2. The van der Waals surface area contributed by atoms with Crippen LogP contribution in [-0.4, -0.2) is 12.1 Å². The average molecular weight is 236 g/mol. The molecule has 1 unspecified atom stereocenters. The molecule has 0 spiro atoms. The maximum Gasteiger partial charge on any atom is 0.135 e. The van der Waals surface area contributed by atoms with Crippen LogP contribution in [0.2, 0.25) is 0 Å². The van der Waals surface area contributed by atoms with Crippen LogP contribution in [0.15, 0.2) is 11.6 Å². The van der Waals surface area contributed by atoms with Crippen LogP contribution in [0.3, 0.4) is 0 Å². The molecule has 17 heavy (non-hydrogen) atoms. The van der Waals surface area contributed by atoms with Crippen molar-refractivity contribution in [2.75, 3.05) is 0 Å². The van der Waals surface area contributed by atoms with Crippen molar-refractivity contribution in [1.29, 1.82) is 0 Å². The quantitative estimate of drug-likeness (QED) is 0.522. The van der Waals surface area contributed by atoms with Gasteiger partial charge in [-0.3, -0.25) is 4.79 Å². The van der Waals surface area contributed by atoms with E-state index in [2.05, 4.69) is 19.9 Å². The predicted octanol–water partition coefficient (Wildman–Crippen LogP) is 3.55. The molecule has 2 nitrogen and oxygen atoms in total. The van der Waals surface area contributed by atoms with E-state index in [0.29, 0.717) is 24.5 Å². The first-order valence-electron chi connectivity index (χ1n) is 6.57. The average Bonchev–Trinajstić information content (AvgIpc) is 2.52. The van der Waals surface area contributed by atoms with Crippen LogP contribution >= 0.6 is 0 Å². The maximum atomic E-state index is 11.6. The lowest BCUT2D eigenvalue weighted by Gasteiger charge is -2.23. The van der Waals surface area contributed by atoms with Crippen molar-refractivity contribution in [1.82, 2.24) is 0 Å². The van der Waals surface area contributed by atoms with Crippen molar-refractivity contribution in [2.24, 2.45) is 17.3 Å². The third kappa shape index (κ3) is 3.52. The van der Waals surface area contributed by atoms with E-state index >= 15 is 0 Å². The zero-order valence-electron chi connectivity index (χ0n) is 11.5. The van der Waals surface area contributed by atoms with Gasteiger partial charge in [0.05, 0.1) is 0 Å². The van der Waals surface area contributed by atoms with Crippen molar-refractivity contribution in [3.8, 4) is 0 Å². The molecule has 0 saturated carbocycles. The standard InChI is InChI=1S/C15H24O2/c1-5-14(17)11(2)8-12-9-13(6-7-16)15(3,4)10-12/h7,10-11,13H,5-6,8-9H2,1-4H3/t11?,13-/m0/s1. The van der Waals surface area contributed by atoms with Crippen molar-refractivity contribution < 1.29 is 9.59 Å². The van der Waals surface area contributed by atoms with Gasteiger partial charge in [0.25, 0.3) is 0 Å². The van der Waals surface area contributed by atoms with Gasteiger partial charge in [-0.25, -0.2) is 0 Å². The molecule has 0 aromatic heterocycles. The first kappa shape index (κ1) is 14.1. The summed E-state index contributed by atoms with van der Waals surface area (Å²) in [5.74, 6) is 0.874. The Morgan fingerprint density at radius 1 is 1.59 bits per heavy atom. The van der Waals surface area contributed by atoms with Crippen LogP contribution in [0.5, 0.6) is 0 Å². The van der Waals surface area contributed by atoms with Crippen molar-refractivity contribution in [3.63, 3.8) is 0 Å². The first-order chi connectivity index (χ1) is 7.90. The third-order valence-corrected chi connectivity index (χ3v) is 3.98. The molecule has 2 atom stereocenters. The minimum absolute atomic E-state index is 0.102. The van der Waals surface area contributed by atoms with Gasteiger partial charge in [-0.2, -0.15) is 0 Å². The predicted molar refractivity (Wildman–Crippen MR) is 69.7 cm³/mol. The molecular formula is C15H24O2. The number of Topliss-reactive ketones (excluding diaryl/α,β-unsaturated/α-hetero) is 1. The Balaban J connectivity index is 2.63. The second-order valence-corrected chi connectivity index (χ2v) is 5.85. The fourth-order valence-electron chi connectivity index (χ4n) is 2.78.